The Balaban J connectivity index is 2.28. The van der Waals surface area contributed by atoms with Crippen LogP contribution in [0.15, 0.2) is 36.4 Å². The van der Waals surface area contributed by atoms with Crippen molar-refractivity contribution in [3.05, 3.63) is 42.2 Å². The van der Waals surface area contributed by atoms with E-state index in [1.807, 2.05) is 0 Å². The number of rotatable bonds is 3. The summed E-state index contributed by atoms with van der Waals surface area (Å²) in [5.74, 6) is 0.442. The predicted molar refractivity (Wildman–Crippen MR) is 64.9 cm³/mol. The number of nitrogens with two attached hydrogens (primary N) is 1. The monoisotopic (exact) mass is 233 g/mol. The van der Waals surface area contributed by atoms with Crippen LogP contribution < -0.4 is 15.8 Å². The molecule has 4 nitrogen and oxygen atoms in total. The predicted octanol–water partition coefficient (Wildman–Crippen LogP) is 2.56. The normalized spacial score (nSPS) is 10.0. The average Bonchev–Trinajstić information content (AvgIpc) is 2.34. The van der Waals surface area contributed by atoms with Gasteiger partial charge in [0.2, 0.25) is 5.88 Å². The number of ether oxygens (including phenoxy) is 1. The second-order valence-corrected chi connectivity index (χ2v) is 3.40. The van der Waals surface area contributed by atoms with Crippen molar-refractivity contribution in [1.82, 2.24) is 4.98 Å². The molecule has 0 aliphatic heterocycles. The quantitative estimate of drug-likeness (QED) is 0.855. The molecule has 0 saturated heterocycles. The highest BCUT2D eigenvalue weighted by Gasteiger charge is 2.05. The van der Waals surface area contributed by atoms with Crippen molar-refractivity contribution >= 4 is 17.2 Å². The van der Waals surface area contributed by atoms with Crippen molar-refractivity contribution in [2.24, 2.45) is 0 Å². The maximum Gasteiger partial charge on any atom is 0.238 e. The molecule has 0 amide bonds. The summed E-state index contributed by atoms with van der Waals surface area (Å²) in [6.07, 6.45) is 0. The van der Waals surface area contributed by atoms with Crippen molar-refractivity contribution in [3.63, 3.8) is 0 Å². The largest absolute Gasteiger partial charge is 0.479 e. The molecule has 88 valence electrons. The Kier molecular flexibility index (Phi) is 3.09. The summed E-state index contributed by atoms with van der Waals surface area (Å²) in [5, 5.41) is 2.85. The number of anilines is 3. The van der Waals surface area contributed by atoms with Crippen LogP contribution in [-0.2, 0) is 0 Å². The van der Waals surface area contributed by atoms with E-state index in [1.54, 1.807) is 30.3 Å². The maximum atomic E-state index is 13.4. The molecule has 0 unspecified atom stereocenters. The van der Waals surface area contributed by atoms with Crippen LogP contribution in [0.2, 0.25) is 0 Å². The highest BCUT2D eigenvalue weighted by atomic mass is 19.1. The van der Waals surface area contributed by atoms with E-state index in [1.165, 1.54) is 13.2 Å². The second kappa shape index (κ2) is 4.69. The molecule has 1 aromatic carbocycles. The van der Waals surface area contributed by atoms with E-state index in [9.17, 15) is 4.39 Å². The maximum absolute atomic E-state index is 13.4. The van der Waals surface area contributed by atoms with E-state index in [4.69, 9.17) is 10.5 Å². The molecule has 0 aliphatic carbocycles. The van der Waals surface area contributed by atoms with E-state index < -0.39 is 0 Å². The molecule has 0 aliphatic rings. The van der Waals surface area contributed by atoms with Gasteiger partial charge in [0.25, 0.3) is 0 Å². The van der Waals surface area contributed by atoms with Crippen molar-refractivity contribution in [3.8, 4) is 5.88 Å². The Morgan fingerprint density at radius 3 is 2.71 bits per heavy atom. The molecule has 0 saturated carbocycles. The Morgan fingerprint density at radius 1 is 1.24 bits per heavy atom. The lowest BCUT2D eigenvalue weighted by atomic mass is 10.3. The molecule has 1 heterocycles. The van der Waals surface area contributed by atoms with Gasteiger partial charge in [-0.2, -0.15) is 4.98 Å². The van der Waals surface area contributed by atoms with Gasteiger partial charge >= 0.3 is 0 Å². The molecule has 1 aromatic heterocycles. The topological polar surface area (TPSA) is 60.2 Å². The minimum Gasteiger partial charge on any atom is -0.479 e. The van der Waals surface area contributed by atoms with Crippen LogP contribution in [0.5, 0.6) is 5.88 Å². The average molecular weight is 233 g/mol. The van der Waals surface area contributed by atoms with E-state index in [2.05, 4.69) is 10.3 Å². The van der Waals surface area contributed by atoms with E-state index in [0.29, 0.717) is 23.1 Å². The number of hydrogen-bond donors (Lipinski definition) is 2. The fourth-order valence-electron chi connectivity index (χ4n) is 1.38. The van der Waals surface area contributed by atoms with Crippen LogP contribution in [-0.4, -0.2) is 12.1 Å². The Bertz CT molecular complexity index is 531. The molecule has 5 heteroatoms. The van der Waals surface area contributed by atoms with Gasteiger partial charge in [-0.15, -0.1) is 0 Å². The first-order valence-electron chi connectivity index (χ1n) is 5.03. The van der Waals surface area contributed by atoms with Crippen LogP contribution in [0.3, 0.4) is 0 Å². The van der Waals surface area contributed by atoms with Crippen LogP contribution in [0.1, 0.15) is 0 Å². The van der Waals surface area contributed by atoms with Gasteiger partial charge in [0.1, 0.15) is 11.6 Å². The molecular weight excluding hydrogens is 221 g/mol. The fraction of sp³-hybridized carbons (Fsp3) is 0.0833. The zero-order valence-electron chi connectivity index (χ0n) is 9.27. The summed E-state index contributed by atoms with van der Waals surface area (Å²) in [4.78, 5) is 4.10. The Morgan fingerprint density at radius 2 is 2.00 bits per heavy atom. The molecule has 0 spiro atoms. The summed E-state index contributed by atoms with van der Waals surface area (Å²) in [6, 6.07) is 9.66. The molecule has 2 aromatic rings. The number of nitrogen functional groups attached to an aromatic ring is 1. The van der Waals surface area contributed by atoms with Crippen LogP contribution >= 0.6 is 0 Å². The Labute approximate surface area is 98.2 Å². The highest BCUT2D eigenvalue weighted by molar-refractivity contribution is 5.60. The van der Waals surface area contributed by atoms with Gasteiger partial charge in [-0.25, -0.2) is 4.39 Å². The molecule has 0 fully saturated rings. The lowest BCUT2D eigenvalue weighted by Crippen LogP contribution is -2.00. The fourth-order valence-corrected chi connectivity index (χ4v) is 1.38. The molecule has 0 radical (unpaired) electrons. The summed E-state index contributed by atoms with van der Waals surface area (Å²) in [6.45, 7) is 0. The molecule has 0 atom stereocenters. The summed E-state index contributed by atoms with van der Waals surface area (Å²) in [7, 11) is 1.48. The number of pyridine rings is 1. The SMILES string of the molecule is COc1nc(Nc2ccccc2F)ccc1N. The minimum atomic E-state index is -0.343. The Hall–Kier alpha value is -2.30. The van der Waals surface area contributed by atoms with Crippen LogP contribution in [0.4, 0.5) is 21.6 Å². The van der Waals surface area contributed by atoms with Crippen molar-refractivity contribution < 1.29 is 9.13 Å². The standard InChI is InChI=1S/C12H12FN3O/c1-17-12-9(14)6-7-11(16-12)15-10-5-3-2-4-8(10)13/h2-7H,14H2,1H3,(H,15,16). The number of para-hydroxylation sites is 1. The zero-order valence-corrected chi connectivity index (χ0v) is 9.27. The van der Waals surface area contributed by atoms with Gasteiger partial charge in [-0.3, -0.25) is 0 Å². The van der Waals surface area contributed by atoms with Gasteiger partial charge < -0.3 is 15.8 Å². The second-order valence-electron chi connectivity index (χ2n) is 3.40. The lowest BCUT2D eigenvalue weighted by Gasteiger charge is -2.09. The van der Waals surface area contributed by atoms with Gasteiger partial charge in [-0.05, 0) is 24.3 Å². The van der Waals surface area contributed by atoms with Crippen molar-refractivity contribution in [1.29, 1.82) is 0 Å². The lowest BCUT2D eigenvalue weighted by molar-refractivity contribution is 0.401. The van der Waals surface area contributed by atoms with E-state index in [-0.39, 0.29) is 5.82 Å². The van der Waals surface area contributed by atoms with E-state index >= 15 is 0 Å². The highest BCUT2D eigenvalue weighted by Crippen LogP contribution is 2.23. The summed E-state index contributed by atoms with van der Waals surface area (Å²) < 4.78 is 18.4. The summed E-state index contributed by atoms with van der Waals surface area (Å²) >= 11 is 0. The van der Waals surface area contributed by atoms with Gasteiger partial charge in [-0.1, -0.05) is 12.1 Å². The van der Waals surface area contributed by atoms with E-state index in [0.717, 1.165) is 0 Å². The smallest absolute Gasteiger partial charge is 0.238 e. The number of nitrogens with zero attached hydrogens (tertiary/aromatic N) is 1. The van der Waals surface area contributed by atoms with Crippen molar-refractivity contribution in [2.45, 2.75) is 0 Å². The molecule has 3 N–H and O–H groups in total. The third-order valence-corrected chi connectivity index (χ3v) is 2.22. The minimum absolute atomic E-state index is 0.311. The molecule has 0 bridgehead atoms. The van der Waals surface area contributed by atoms with Gasteiger partial charge in [0.05, 0.1) is 18.5 Å². The number of hydrogen-bond acceptors (Lipinski definition) is 4. The third-order valence-electron chi connectivity index (χ3n) is 2.22. The molecular formula is C12H12FN3O. The summed E-state index contributed by atoms with van der Waals surface area (Å²) in [5.41, 5.74) is 6.42. The number of nitrogens with one attached hydrogen (secondary N) is 1. The number of halogens is 1. The first-order chi connectivity index (χ1) is 8.20. The first kappa shape index (κ1) is 11.2. The van der Waals surface area contributed by atoms with Gasteiger partial charge in [0, 0.05) is 0 Å². The molecule has 17 heavy (non-hydrogen) atoms. The number of benzene rings is 1. The van der Waals surface area contributed by atoms with Crippen LogP contribution in [0.25, 0.3) is 0 Å². The number of aromatic nitrogens is 1. The van der Waals surface area contributed by atoms with Gasteiger partial charge in [0.15, 0.2) is 0 Å². The number of methoxy groups -OCH3 is 1. The third kappa shape index (κ3) is 2.44. The zero-order chi connectivity index (χ0) is 12.3. The van der Waals surface area contributed by atoms with Crippen LogP contribution in [0, 0.1) is 5.82 Å². The van der Waals surface area contributed by atoms with Crippen molar-refractivity contribution in [2.75, 3.05) is 18.2 Å². The molecule has 2 rings (SSSR count). The first-order valence-corrected chi connectivity index (χ1v) is 5.03.